The Morgan fingerprint density at radius 3 is 2.55 bits per heavy atom. The molecule has 1 nitrogen and oxygen atoms in total. The van der Waals surface area contributed by atoms with Crippen LogP contribution in [0.2, 0.25) is 0 Å². The number of halogens is 2. The molecule has 0 heterocycles. The summed E-state index contributed by atoms with van der Waals surface area (Å²) >= 11 is 0. The van der Waals surface area contributed by atoms with E-state index in [4.69, 9.17) is 0 Å². The molecule has 106 valence electrons. The molecule has 1 atom stereocenters. The van der Waals surface area contributed by atoms with Gasteiger partial charge in [0.1, 0.15) is 0 Å². The Labute approximate surface area is 118 Å². The highest BCUT2D eigenvalue weighted by Gasteiger charge is 2.18. The molecule has 0 radical (unpaired) electrons. The van der Waals surface area contributed by atoms with Crippen molar-refractivity contribution in [2.45, 2.75) is 25.8 Å². The lowest BCUT2D eigenvalue weighted by Gasteiger charge is -2.19. The Morgan fingerprint density at radius 1 is 1.10 bits per heavy atom. The van der Waals surface area contributed by atoms with Crippen LogP contribution in [0.5, 0.6) is 0 Å². The quantitative estimate of drug-likeness (QED) is 0.861. The average Bonchev–Trinajstić information content (AvgIpc) is 2.45. The van der Waals surface area contributed by atoms with Crippen LogP contribution in [0.25, 0.3) is 0 Å². The molecule has 0 amide bonds. The normalized spacial score (nSPS) is 12.4. The smallest absolute Gasteiger partial charge is 0.163 e. The molecule has 0 fully saturated rings. The van der Waals surface area contributed by atoms with Crippen LogP contribution >= 0.6 is 0 Å². The number of benzene rings is 2. The molecule has 2 aromatic rings. The van der Waals surface area contributed by atoms with Gasteiger partial charge in [0.15, 0.2) is 11.6 Å². The Kier molecular flexibility index (Phi) is 4.85. The zero-order chi connectivity index (χ0) is 14.5. The molecule has 1 N–H and O–H groups in total. The average molecular weight is 275 g/mol. The first-order valence-electron chi connectivity index (χ1n) is 6.87. The summed E-state index contributed by atoms with van der Waals surface area (Å²) in [4.78, 5) is 0. The van der Waals surface area contributed by atoms with E-state index in [0.29, 0.717) is 5.56 Å². The van der Waals surface area contributed by atoms with E-state index in [2.05, 4.69) is 24.4 Å². The maximum absolute atomic E-state index is 14.0. The monoisotopic (exact) mass is 275 g/mol. The maximum atomic E-state index is 14.0. The molecular weight excluding hydrogens is 256 g/mol. The van der Waals surface area contributed by atoms with Crippen LogP contribution in [0.1, 0.15) is 36.1 Å². The largest absolute Gasteiger partial charge is 0.309 e. The lowest BCUT2D eigenvalue weighted by Crippen LogP contribution is -2.19. The molecule has 0 spiro atoms. The van der Waals surface area contributed by atoms with Crippen molar-refractivity contribution in [2.24, 2.45) is 0 Å². The Bertz CT molecular complexity index is 581. The molecule has 2 rings (SSSR count). The van der Waals surface area contributed by atoms with Crippen LogP contribution in [-0.4, -0.2) is 7.05 Å². The number of nitrogens with one attached hydrogen (secondary N) is 1. The van der Waals surface area contributed by atoms with Gasteiger partial charge in [0.25, 0.3) is 0 Å². The van der Waals surface area contributed by atoms with E-state index in [1.165, 1.54) is 11.6 Å². The Morgan fingerprint density at radius 2 is 1.85 bits per heavy atom. The summed E-state index contributed by atoms with van der Waals surface area (Å²) in [5, 5.41) is 3.07. The van der Waals surface area contributed by atoms with Gasteiger partial charge in [-0.1, -0.05) is 49.7 Å². The van der Waals surface area contributed by atoms with E-state index in [1.807, 2.05) is 12.1 Å². The summed E-state index contributed by atoms with van der Waals surface area (Å²) in [7, 11) is 1.75. The zero-order valence-electron chi connectivity index (χ0n) is 11.8. The SMILES string of the molecule is CCCc1cccc(C(NC)c2cccc(F)c2F)c1. The molecule has 0 aromatic heterocycles. The van der Waals surface area contributed by atoms with Crippen molar-refractivity contribution in [2.75, 3.05) is 7.05 Å². The van der Waals surface area contributed by atoms with E-state index < -0.39 is 11.6 Å². The zero-order valence-corrected chi connectivity index (χ0v) is 11.8. The van der Waals surface area contributed by atoms with Gasteiger partial charge in [-0.15, -0.1) is 0 Å². The Balaban J connectivity index is 2.41. The van der Waals surface area contributed by atoms with Crippen molar-refractivity contribution in [1.82, 2.24) is 5.32 Å². The second-order valence-electron chi connectivity index (χ2n) is 4.86. The molecular formula is C17H19F2N. The van der Waals surface area contributed by atoms with Crippen molar-refractivity contribution in [3.8, 4) is 0 Å². The van der Waals surface area contributed by atoms with Crippen molar-refractivity contribution < 1.29 is 8.78 Å². The summed E-state index contributed by atoms with van der Waals surface area (Å²) in [6, 6.07) is 11.9. The van der Waals surface area contributed by atoms with E-state index in [1.54, 1.807) is 13.1 Å². The first-order valence-corrected chi connectivity index (χ1v) is 6.87. The molecule has 0 saturated carbocycles. The van der Waals surface area contributed by atoms with Crippen LogP contribution in [0, 0.1) is 11.6 Å². The lowest BCUT2D eigenvalue weighted by molar-refractivity contribution is 0.487. The van der Waals surface area contributed by atoms with Gasteiger partial charge in [-0.3, -0.25) is 0 Å². The van der Waals surface area contributed by atoms with E-state index in [0.717, 1.165) is 24.5 Å². The number of hydrogen-bond donors (Lipinski definition) is 1. The predicted octanol–water partition coefficient (Wildman–Crippen LogP) is 4.23. The van der Waals surface area contributed by atoms with Gasteiger partial charge in [0.05, 0.1) is 6.04 Å². The molecule has 20 heavy (non-hydrogen) atoms. The minimum Gasteiger partial charge on any atom is -0.309 e. The fourth-order valence-corrected chi connectivity index (χ4v) is 2.46. The second-order valence-corrected chi connectivity index (χ2v) is 4.86. The van der Waals surface area contributed by atoms with Gasteiger partial charge in [0, 0.05) is 5.56 Å². The maximum Gasteiger partial charge on any atom is 0.163 e. The minimum absolute atomic E-state index is 0.334. The third kappa shape index (κ3) is 3.05. The molecule has 0 bridgehead atoms. The highest BCUT2D eigenvalue weighted by atomic mass is 19.2. The summed E-state index contributed by atoms with van der Waals surface area (Å²) in [5.74, 6) is -1.60. The fourth-order valence-electron chi connectivity index (χ4n) is 2.46. The van der Waals surface area contributed by atoms with Gasteiger partial charge in [-0.2, -0.15) is 0 Å². The van der Waals surface area contributed by atoms with Crippen molar-refractivity contribution in [3.05, 3.63) is 70.8 Å². The molecule has 0 saturated heterocycles. The molecule has 0 aliphatic heterocycles. The Hall–Kier alpha value is -1.74. The minimum atomic E-state index is -0.813. The fraction of sp³-hybridized carbons (Fsp3) is 0.294. The predicted molar refractivity (Wildman–Crippen MR) is 77.7 cm³/mol. The third-order valence-corrected chi connectivity index (χ3v) is 3.40. The highest BCUT2D eigenvalue weighted by molar-refractivity contribution is 5.35. The number of hydrogen-bond acceptors (Lipinski definition) is 1. The van der Waals surface area contributed by atoms with Crippen molar-refractivity contribution in [1.29, 1.82) is 0 Å². The summed E-state index contributed by atoms with van der Waals surface area (Å²) < 4.78 is 27.3. The van der Waals surface area contributed by atoms with Crippen LogP contribution in [-0.2, 0) is 6.42 Å². The lowest BCUT2D eigenvalue weighted by atomic mass is 9.96. The second kappa shape index (κ2) is 6.62. The van der Waals surface area contributed by atoms with Crippen LogP contribution in [0.4, 0.5) is 8.78 Å². The van der Waals surface area contributed by atoms with Crippen molar-refractivity contribution >= 4 is 0 Å². The van der Waals surface area contributed by atoms with E-state index >= 15 is 0 Å². The van der Waals surface area contributed by atoms with Crippen LogP contribution < -0.4 is 5.32 Å². The highest BCUT2D eigenvalue weighted by Crippen LogP contribution is 2.26. The molecule has 1 unspecified atom stereocenters. The summed E-state index contributed by atoms with van der Waals surface area (Å²) in [6.07, 6.45) is 2.04. The first kappa shape index (κ1) is 14.7. The first-order chi connectivity index (χ1) is 9.67. The van der Waals surface area contributed by atoms with Crippen LogP contribution in [0.15, 0.2) is 42.5 Å². The standard InChI is InChI=1S/C17H19F2N/c1-3-6-12-7-4-8-13(11-12)17(20-2)14-9-5-10-15(18)16(14)19/h4-5,7-11,17,20H,3,6H2,1-2H3. The molecule has 0 aliphatic carbocycles. The van der Waals surface area contributed by atoms with Gasteiger partial charge < -0.3 is 5.32 Å². The summed E-state index contributed by atoms with van der Waals surface area (Å²) in [6.45, 7) is 2.12. The molecule has 3 heteroatoms. The molecule has 2 aromatic carbocycles. The third-order valence-electron chi connectivity index (χ3n) is 3.40. The van der Waals surface area contributed by atoms with Gasteiger partial charge in [0.2, 0.25) is 0 Å². The van der Waals surface area contributed by atoms with E-state index in [-0.39, 0.29) is 6.04 Å². The summed E-state index contributed by atoms with van der Waals surface area (Å²) in [5.41, 5.74) is 2.49. The van der Waals surface area contributed by atoms with Gasteiger partial charge >= 0.3 is 0 Å². The van der Waals surface area contributed by atoms with Crippen molar-refractivity contribution in [3.63, 3.8) is 0 Å². The van der Waals surface area contributed by atoms with E-state index in [9.17, 15) is 8.78 Å². The van der Waals surface area contributed by atoms with Crippen LogP contribution in [0.3, 0.4) is 0 Å². The topological polar surface area (TPSA) is 12.0 Å². The number of aryl methyl sites for hydroxylation is 1. The van der Waals surface area contributed by atoms with Gasteiger partial charge in [-0.05, 0) is 30.7 Å². The number of rotatable bonds is 5. The molecule has 0 aliphatic rings. The van der Waals surface area contributed by atoms with Gasteiger partial charge in [-0.25, -0.2) is 8.78 Å².